The minimum Gasteiger partial charge on any atom is -1.00 e. The average molecular weight is 1120 g/mol. The van der Waals surface area contributed by atoms with Gasteiger partial charge in [0.05, 0.1) is 33.9 Å². The third-order valence-electron chi connectivity index (χ3n) is 10.6. The van der Waals surface area contributed by atoms with Crippen LogP contribution in [0.2, 0.25) is 0 Å². The summed E-state index contributed by atoms with van der Waals surface area (Å²) in [7, 11) is 11.1. The second kappa shape index (κ2) is 33.5. The lowest BCUT2D eigenvalue weighted by Gasteiger charge is -2.14. The maximum Gasteiger partial charge on any atom is 0.326 e. The van der Waals surface area contributed by atoms with Gasteiger partial charge < -0.3 is 55.0 Å². The minimum absolute atomic E-state index is 0. The molecule has 76 heavy (non-hydrogen) atoms. The standard InChI is InChI=1S/2C23H27N7O2.C6H6O2.4ClH/c1-17-20(27-26-19-11-9-18(10-12-19)25-24-2)22(31)30(16-8-13-28(3)4)23(32)21(17)29-14-6-5-7-15-29;1-17-20(27-26-19-11-8-10-18(16-19)25-24-2)22(31)30(15-9-12-28(3)4)23(32)21(17)29-13-6-5-7-14-29;7-5-2-1-3-6(8)4-5;;;;/h5-7,9-12,14-15H,8,13,16H2,1-4H3;5-8,10-11,13-14,16H,9,12,15H2,1-4H3;1-4,7-8H;4*1H. The van der Waals surface area contributed by atoms with Crippen LogP contribution in [0, 0.1) is 13.8 Å². The minimum atomic E-state index is -0.278. The zero-order valence-corrected chi connectivity index (χ0v) is 46.5. The molecule has 406 valence electrons. The Morgan fingerprint density at radius 1 is 0.474 bits per heavy atom. The van der Waals surface area contributed by atoms with Crippen LogP contribution in [0.3, 0.4) is 0 Å². The number of benzene rings is 3. The van der Waals surface area contributed by atoms with Crippen LogP contribution in [0.5, 0.6) is 23.3 Å². The van der Waals surface area contributed by atoms with E-state index in [2.05, 4.69) is 40.9 Å². The van der Waals surface area contributed by atoms with Gasteiger partial charge in [0.15, 0.2) is 36.2 Å². The summed E-state index contributed by atoms with van der Waals surface area (Å²) in [6.45, 7) is 5.81. The molecular formula is C52H64Cl4N14O6. The van der Waals surface area contributed by atoms with E-state index in [9.17, 15) is 19.8 Å². The van der Waals surface area contributed by atoms with Gasteiger partial charge in [-0.15, -0.1) is 35.0 Å². The smallest absolute Gasteiger partial charge is 0.326 e. The summed E-state index contributed by atoms with van der Waals surface area (Å²) in [5.41, 5.74) is 4.43. The number of hydrogen-bond donors (Lipinski definition) is 4. The molecule has 4 aromatic heterocycles. The van der Waals surface area contributed by atoms with Crippen LogP contribution in [-0.4, -0.2) is 94.7 Å². The Morgan fingerprint density at radius 3 is 1.20 bits per heavy atom. The van der Waals surface area contributed by atoms with Gasteiger partial charge in [0.2, 0.25) is 11.8 Å². The van der Waals surface area contributed by atoms with Crippen LogP contribution in [0.1, 0.15) is 24.0 Å². The molecule has 0 aliphatic heterocycles. The number of nitrogens with zero attached hydrogens (tertiary/aromatic N) is 14. The van der Waals surface area contributed by atoms with Crippen molar-refractivity contribution in [3.05, 3.63) is 166 Å². The largest absolute Gasteiger partial charge is 1.00 e. The van der Waals surface area contributed by atoms with E-state index in [0.29, 0.717) is 71.2 Å². The second-order valence-electron chi connectivity index (χ2n) is 16.6. The van der Waals surface area contributed by atoms with E-state index in [1.165, 1.54) is 27.3 Å². The van der Waals surface area contributed by atoms with Crippen LogP contribution < -0.4 is 45.1 Å². The zero-order chi connectivity index (χ0) is 52.2. The van der Waals surface area contributed by atoms with Crippen LogP contribution in [0.25, 0.3) is 11.4 Å². The van der Waals surface area contributed by atoms with Gasteiger partial charge in [-0.1, -0.05) is 24.3 Å². The summed E-state index contributed by atoms with van der Waals surface area (Å²) >= 11 is 0. The summed E-state index contributed by atoms with van der Waals surface area (Å²) in [5, 5.41) is 71.9. The van der Waals surface area contributed by atoms with E-state index >= 15 is 0 Å². The van der Waals surface area contributed by atoms with E-state index < -0.39 is 0 Å². The fourth-order valence-electron chi connectivity index (χ4n) is 7.18. The summed E-state index contributed by atoms with van der Waals surface area (Å²) in [6, 6.07) is 31.2. The number of hydrogen-bond acceptors (Lipinski definition) is 16. The molecule has 3 aromatic carbocycles. The number of phenolic OH excluding ortho intramolecular Hbond substituents is 2. The lowest BCUT2D eigenvalue weighted by atomic mass is 10.2. The third kappa shape index (κ3) is 19.0. The SMILES string of the molecule is CN=Nc1ccc(N=Nc2c(C)c(-[n+]3ccccc3)c(=O)n(CCCN(C)C)c2O)cc1.CN=Nc1cccc(N=Nc2c(C)c(-[n+]3ccccc3)c(=O)n(CCCN(C)C)c2O)c1.Cl.Cl.Oc1cccc(O)c1.[Cl-].[Cl-]. The molecule has 7 rings (SSSR count). The molecule has 0 spiro atoms. The van der Waals surface area contributed by atoms with Crippen molar-refractivity contribution in [1.82, 2.24) is 18.9 Å². The molecule has 0 saturated carbocycles. The molecular weight excluding hydrogens is 1060 g/mol. The Kier molecular flexibility index (Phi) is 29.3. The highest BCUT2D eigenvalue weighted by molar-refractivity contribution is 5.85. The highest BCUT2D eigenvalue weighted by atomic mass is 35.5. The molecule has 0 radical (unpaired) electrons. The molecule has 4 N–H and O–H groups in total. The normalized spacial score (nSPS) is 10.9. The second-order valence-corrected chi connectivity index (χ2v) is 16.6. The number of phenols is 2. The Labute approximate surface area is 466 Å². The first-order chi connectivity index (χ1) is 34.6. The lowest BCUT2D eigenvalue weighted by Crippen LogP contribution is -3.00. The molecule has 0 unspecified atom stereocenters. The molecule has 7 aromatic rings. The van der Waals surface area contributed by atoms with Crippen molar-refractivity contribution in [2.24, 2.45) is 40.9 Å². The number of aromatic hydroxyl groups is 4. The van der Waals surface area contributed by atoms with Gasteiger partial charge in [-0.05, 0) is 123 Å². The van der Waals surface area contributed by atoms with E-state index in [-0.39, 0.29) is 95.4 Å². The quantitative estimate of drug-likeness (QED) is 0.0798. The molecule has 0 atom stereocenters. The summed E-state index contributed by atoms with van der Waals surface area (Å²) in [4.78, 5) is 30.7. The number of rotatable bonds is 16. The van der Waals surface area contributed by atoms with Crippen molar-refractivity contribution >= 4 is 58.9 Å². The molecule has 0 aliphatic rings. The van der Waals surface area contributed by atoms with Gasteiger partial charge in [-0.3, -0.25) is 18.7 Å². The van der Waals surface area contributed by atoms with Gasteiger partial charge >= 0.3 is 11.1 Å². The number of aromatic nitrogens is 4. The fraction of sp³-hybridized carbons (Fsp3) is 0.269. The van der Waals surface area contributed by atoms with Gasteiger partial charge in [-0.25, -0.2) is 0 Å². The third-order valence-corrected chi connectivity index (χ3v) is 10.6. The topological polar surface area (TPSA) is 238 Å². The predicted octanol–water partition coefficient (Wildman–Crippen LogP) is 4.39. The fourth-order valence-corrected chi connectivity index (χ4v) is 7.18. The molecule has 0 bridgehead atoms. The first-order valence-corrected chi connectivity index (χ1v) is 22.9. The first-order valence-electron chi connectivity index (χ1n) is 22.9. The van der Waals surface area contributed by atoms with Crippen molar-refractivity contribution in [1.29, 1.82) is 0 Å². The first kappa shape index (κ1) is 66.6. The monoisotopic (exact) mass is 1120 g/mol. The van der Waals surface area contributed by atoms with Crippen LogP contribution in [-0.2, 0) is 13.1 Å². The lowest BCUT2D eigenvalue weighted by molar-refractivity contribution is -0.597. The molecule has 4 heterocycles. The maximum atomic E-state index is 13.3. The van der Waals surface area contributed by atoms with Crippen molar-refractivity contribution in [2.45, 2.75) is 39.8 Å². The van der Waals surface area contributed by atoms with Crippen molar-refractivity contribution < 1.29 is 54.4 Å². The molecule has 20 nitrogen and oxygen atoms in total. The Balaban J connectivity index is 0.000000632. The maximum absolute atomic E-state index is 13.3. The summed E-state index contributed by atoms with van der Waals surface area (Å²) < 4.78 is 6.21. The predicted molar refractivity (Wildman–Crippen MR) is 290 cm³/mol. The number of halogens is 4. The van der Waals surface area contributed by atoms with E-state index in [4.69, 9.17) is 10.2 Å². The highest BCUT2D eigenvalue weighted by Gasteiger charge is 2.27. The van der Waals surface area contributed by atoms with Crippen molar-refractivity contribution in [2.75, 3.05) is 55.4 Å². The van der Waals surface area contributed by atoms with E-state index in [1.807, 2.05) is 80.5 Å². The van der Waals surface area contributed by atoms with Crippen molar-refractivity contribution in [3.8, 4) is 34.6 Å². The molecule has 0 saturated heterocycles. The Bertz CT molecular complexity index is 3120. The molecule has 0 aliphatic carbocycles. The average Bonchev–Trinajstić information content (AvgIpc) is 3.35. The molecule has 0 amide bonds. The molecule has 0 fully saturated rings. The summed E-state index contributed by atoms with van der Waals surface area (Å²) in [6.07, 6.45) is 8.59. The van der Waals surface area contributed by atoms with E-state index in [0.717, 1.165) is 13.1 Å². The molecule has 24 heteroatoms. The van der Waals surface area contributed by atoms with Gasteiger partial charge in [0.1, 0.15) is 11.5 Å². The van der Waals surface area contributed by atoms with Gasteiger partial charge in [0, 0.05) is 57.5 Å². The van der Waals surface area contributed by atoms with Crippen LogP contribution >= 0.6 is 24.8 Å². The Morgan fingerprint density at radius 2 is 0.829 bits per heavy atom. The van der Waals surface area contributed by atoms with Gasteiger partial charge in [0.25, 0.3) is 11.4 Å². The Hall–Kier alpha value is -7.46. The highest BCUT2D eigenvalue weighted by Crippen LogP contribution is 2.35. The summed E-state index contributed by atoms with van der Waals surface area (Å²) in [5.74, 6) is -0.207. The number of pyridine rings is 4. The van der Waals surface area contributed by atoms with Crippen molar-refractivity contribution in [3.63, 3.8) is 0 Å². The van der Waals surface area contributed by atoms with E-state index in [1.54, 1.807) is 110 Å². The van der Waals surface area contributed by atoms with Crippen LogP contribution in [0.15, 0.2) is 184 Å². The zero-order valence-electron chi connectivity index (χ0n) is 43.4. The van der Waals surface area contributed by atoms with Gasteiger partial charge in [-0.2, -0.15) is 39.8 Å². The van der Waals surface area contributed by atoms with Crippen LogP contribution in [0.4, 0.5) is 34.1 Å². The number of azo groups is 4.